The van der Waals surface area contributed by atoms with Crippen LogP contribution in [0.25, 0.3) is 43.6 Å². The molecule has 0 radical (unpaired) electrons. The Hall–Kier alpha value is -5.30. The highest BCUT2D eigenvalue weighted by atomic mass is 79.9. The standard InChI is InChI=1S/C10H8BrFN2O.C10H8ClFN2O.C8H4BrFN2O.C8H4ClFN2O/c2*1-2-15-6-3-7-8(12)5-14-10(11)9(7)13-4-6;2*9-8-7-5(6(10)3-12-8)1-4(13)2-11-7/h2*3-5H,2H2,1H3;2*1-3,13H. The number of hydrogen-bond acceptors (Lipinski definition) is 12. The first-order valence-corrected chi connectivity index (χ1v) is 18.2. The van der Waals surface area contributed by atoms with Gasteiger partial charge in [-0.2, -0.15) is 0 Å². The molecule has 0 saturated carbocycles. The molecule has 0 amide bonds. The van der Waals surface area contributed by atoms with Gasteiger partial charge in [-0.25, -0.2) is 57.4 Å². The lowest BCUT2D eigenvalue weighted by molar-refractivity contribution is 0.339. The molecule has 8 heterocycles. The number of halogens is 8. The van der Waals surface area contributed by atoms with Gasteiger partial charge in [0.25, 0.3) is 0 Å². The zero-order valence-electron chi connectivity index (χ0n) is 28.7. The fourth-order valence-electron chi connectivity index (χ4n) is 4.65. The highest BCUT2D eigenvalue weighted by molar-refractivity contribution is 9.10. The Balaban J connectivity index is 0.000000143. The summed E-state index contributed by atoms with van der Waals surface area (Å²) < 4.78 is 64.4. The minimum atomic E-state index is -0.553. The first kappa shape index (κ1) is 41.9. The molecule has 0 bridgehead atoms. The van der Waals surface area contributed by atoms with Gasteiger partial charge in [-0.05, 0) is 70.0 Å². The zero-order chi connectivity index (χ0) is 40.5. The number of fused-ring (bicyclic) bond motifs is 4. The Bertz CT molecular complexity index is 2510. The van der Waals surface area contributed by atoms with E-state index in [4.69, 9.17) is 42.9 Å². The van der Waals surface area contributed by atoms with Crippen LogP contribution in [0.3, 0.4) is 0 Å². The van der Waals surface area contributed by atoms with Gasteiger partial charge in [0, 0.05) is 21.5 Å². The SMILES string of the molecule is CCOc1cnc2c(Br)ncc(F)c2c1.CCOc1cnc2c(Cl)ncc(F)c2c1.Oc1cnc2c(Br)ncc(F)c2c1.Oc1cnc2c(Cl)ncc(F)c2c1. The van der Waals surface area contributed by atoms with Crippen LogP contribution in [0.5, 0.6) is 23.0 Å². The van der Waals surface area contributed by atoms with Crippen LogP contribution in [0.2, 0.25) is 10.3 Å². The largest absolute Gasteiger partial charge is 0.506 e. The zero-order valence-corrected chi connectivity index (χ0v) is 33.3. The van der Waals surface area contributed by atoms with Crippen molar-refractivity contribution in [3.63, 3.8) is 0 Å². The van der Waals surface area contributed by atoms with E-state index in [1.165, 1.54) is 30.7 Å². The van der Waals surface area contributed by atoms with Crippen LogP contribution in [-0.4, -0.2) is 63.3 Å². The molecule has 0 saturated heterocycles. The highest BCUT2D eigenvalue weighted by Crippen LogP contribution is 2.28. The van der Waals surface area contributed by atoms with Crippen LogP contribution in [0.15, 0.2) is 83.0 Å². The van der Waals surface area contributed by atoms with Gasteiger partial charge >= 0.3 is 0 Å². The van der Waals surface area contributed by atoms with Gasteiger partial charge in [0.15, 0.2) is 33.6 Å². The molecule has 8 aromatic rings. The van der Waals surface area contributed by atoms with Crippen molar-refractivity contribution >= 4 is 98.7 Å². The van der Waals surface area contributed by atoms with Gasteiger partial charge in [-0.1, -0.05) is 23.2 Å². The maximum atomic E-state index is 13.4. The van der Waals surface area contributed by atoms with Crippen molar-refractivity contribution in [2.75, 3.05) is 13.2 Å². The fourth-order valence-corrected chi connectivity index (χ4v) is 5.89. The number of nitrogens with zero attached hydrogens (tertiary/aromatic N) is 8. The molecule has 2 N–H and O–H groups in total. The third kappa shape index (κ3) is 10.1. The van der Waals surface area contributed by atoms with Crippen molar-refractivity contribution in [2.45, 2.75) is 13.8 Å². The second-order valence-electron chi connectivity index (χ2n) is 10.8. The molecule has 0 spiro atoms. The summed E-state index contributed by atoms with van der Waals surface area (Å²) in [6.07, 6.45) is 9.78. The van der Waals surface area contributed by atoms with Crippen molar-refractivity contribution in [3.8, 4) is 23.0 Å². The molecule has 8 aromatic heterocycles. The lowest BCUT2D eigenvalue weighted by atomic mass is 10.2. The predicted molar refractivity (Wildman–Crippen MR) is 209 cm³/mol. The van der Waals surface area contributed by atoms with E-state index in [1.807, 2.05) is 13.8 Å². The smallest absolute Gasteiger partial charge is 0.155 e. The monoisotopic (exact) mass is 936 g/mol. The van der Waals surface area contributed by atoms with E-state index in [-0.39, 0.29) is 38.1 Å². The topological polar surface area (TPSA) is 162 Å². The van der Waals surface area contributed by atoms with Crippen LogP contribution in [0.1, 0.15) is 13.8 Å². The van der Waals surface area contributed by atoms with Gasteiger partial charge in [0.05, 0.1) is 62.8 Å². The van der Waals surface area contributed by atoms with Gasteiger partial charge in [-0.3, -0.25) is 0 Å². The first-order valence-electron chi connectivity index (χ1n) is 15.8. The number of hydrogen-bond donors (Lipinski definition) is 2. The van der Waals surface area contributed by atoms with E-state index in [0.717, 1.165) is 24.8 Å². The van der Waals surface area contributed by atoms with Crippen LogP contribution in [-0.2, 0) is 0 Å². The van der Waals surface area contributed by atoms with Crippen LogP contribution >= 0.6 is 55.1 Å². The minimum Gasteiger partial charge on any atom is -0.506 e. The summed E-state index contributed by atoms with van der Waals surface area (Å²) in [6.45, 7) is 4.75. The Morgan fingerprint density at radius 2 is 0.804 bits per heavy atom. The number of aromatic hydroxyl groups is 2. The second-order valence-corrected chi connectivity index (χ2v) is 13.0. The van der Waals surface area contributed by atoms with Crippen molar-refractivity contribution in [1.82, 2.24) is 39.9 Å². The van der Waals surface area contributed by atoms with E-state index in [9.17, 15) is 17.6 Å². The molecule has 0 aliphatic rings. The molecule has 288 valence electrons. The first-order chi connectivity index (χ1) is 26.8. The summed E-state index contributed by atoms with van der Waals surface area (Å²) in [6, 6.07) is 5.75. The fraction of sp³-hybridized carbons (Fsp3) is 0.111. The lowest BCUT2D eigenvalue weighted by Crippen LogP contribution is -1.94. The molecular weight excluding hydrogens is 915 g/mol. The lowest BCUT2D eigenvalue weighted by Gasteiger charge is -2.05. The third-order valence-electron chi connectivity index (χ3n) is 7.07. The van der Waals surface area contributed by atoms with E-state index in [2.05, 4.69) is 71.7 Å². The van der Waals surface area contributed by atoms with Crippen LogP contribution in [0, 0.1) is 23.3 Å². The van der Waals surface area contributed by atoms with Crippen LogP contribution in [0.4, 0.5) is 17.6 Å². The van der Waals surface area contributed by atoms with Gasteiger partial charge in [0.2, 0.25) is 0 Å². The van der Waals surface area contributed by atoms with Gasteiger partial charge in [0.1, 0.15) is 54.3 Å². The number of aromatic nitrogens is 8. The summed E-state index contributed by atoms with van der Waals surface area (Å²) in [7, 11) is 0. The van der Waals surface area contributed by atoms with Crippen molar-refractivity contribution < 1.29 is 37.2 Å². The van der Waals surface area contributed by atoms with Crippen molar-refractivity contribution in [2.24, 2.45) is 0 Å². The summed E-state index contributed by atoms with van der Waals surface area (Å²) in [5.74, 6) is -0.999. The minimum absolute atomic E-state index is 0.0653. The molecule has 0 atom stereocenters. The molecular formula is C36H24Br2Cl2F4N8O4. The van der Waals surface area contributed by atoms with Crippen molar-refractivity contribution in [3.05, 3.63) is 117 Å². The van der Waals surface area contributed by atoms with Crippen molar-refractivity contribution in [1.29, 1.82) is 0 Å². The summed E-state index contributed by atoms with van der Waals surface area (Å²) in [5, 5.41) is 19.6. The van der Waals surface area contributed by atoms with E-state index >= 15 is 0 Å². The average Bonchev–Trinajstić information content (AvgIpc) is 3.19. The third-order valence-corrected chi connectivity index (χ3v) is 8.78. The highest BCUT2D eigenvalue weighted by Gasteiger charge is 2.11. The normalized spacial score (nSPS) is 10.6. The summed E-state index contributed by atoms with van der Waals surface area (Å²) in [5.41, 5.74) is 1.50. The molecule has 20 heteroatoms. The number of rotatable bonds is 4. The number of ether oxygens (including phenoxy) is 2. The summed E-state index contributed by atoms with van der Waals surface area (Å²) in [4.78, 5) is 30.5. The Labute approximate surface area is 340 Å². The van der Waals surface area contributed by atoms with Gasteiger partial charge in [-0.15, -0.1) is 0 Å². The van der Waals surface area contributed by atoms with E-state index in [0.29, 0.717) is 61.2 Å². The van der Waals surface area contributed by atoms with Gasteiger partial charge < -0.3 is 19.7 Å². The molecule has 0 unspecified atom stereocenters. The average molecular weight is 939 g/mol. The maximum absolute atomic E-state index is 13.4. The number of pyridine rings is 8. The molecule has 56 heavy (non-hydrogen) atoms. The molecule has 0 fully saturated rings. The Kier molecular flexibility index (Phi) is 14.2. The van der Waals surface area contributed by atoms with Crippen LogP contribution < -0.4 is 9.47 Å². The molecule has 12 nitrogen and oxygen atoms in total. The second kappa shape index (κ2) is 19.0. The molecule has 0 aliphatic heterocycles. The summed E-state index contributed by atoms with van der Waals surface area (Å²) >= 11 is 17.8. The Morgan fingerprint density at radius 1 is 0.482 bits per heavy atom. The van der Waals surface area contributed by atoms with E-state index < -0.39 is 23.3 Å². The molecule has 0 aromatic carbocycles. The van der Waals surface area contributed by atoms with E-state index in [1.54, 1.807) is 18.3 Å². The predicted octanol–water partition coefficient (Wildman–Crippen LogP) is 10.1. The Morgan fingerprint density at radius 3 is 1.23 bits per heavy atom. The maximum Gasteiger partial charge on any atom is 0.155 e. The quantitative estimate of drug-likeness (QED) is 0.127. The molecule has 0 aliphatic carbocycles. The molecule has 8 rings (SSSR count).